The van der Waals surface area contributed by atoms with Gasteiger partial charge in [-0.05, 0) is 29.8 Å². The van der Waals surface area contributed by atoms with Gasteiger partial charge in [-0.3, -0.25) is 14.9 Å². The molecule has 1 amide bonds. The van der Waals surface area contributed by atoms with E-state index >= 15 is 0 Å². The highest BCUT2D eigenvalue weighted by Gasteiger charge is 2.17. The fourth-order valence-corrected chi connectivity index (χ4v) is 3.53. The van der Waals surface area contributed by atoms with Gasteiger partial charge in [0.2, 0.25) is 5.91 Å². The maximum absolute atomic E-state index is 12.4. The van der Waals surface area contributed by atoms with Crippen molar-refractivity contribution >= 4 is 27.9 Å². The molecule has 3 aromatic carbocycles. The average molecular weight is 439 g/mol. The summed E-state index contributed by atoms with van der Waals surface area (Å²) in [5.41, 5.74) is 3.19. The predicted octanol–water partition coefficient (Wildman–Crippen LogP) is 3.06. The van der Waals surface area contributed by atoms with E-state index in [1.54, 1.807) is 36.4 Å². The van der Waals surface area contributed by atoms with Crippen LogP contribution in [0, 0.1) is 10.1 Å². The molecule has 0 atom stereocenters. The first kappa shape index (κ1) is 21.7. The first-order valence-corrected chi connectivity index (χ1v) is 10.4. The number of nitro benzene ring substituents is 1. The van der Waals surface area contributed by atoms with Gasteiger partial charge < -0.3 is 4.18 Å². The summed E-state index contributed by atoms with van der Waals surface area (Å²) in [5.74, 6) is -0.389. The highest BCUT2D eigenvalue weighted by Crippen LogP contribution is 2.21. The fraction of sp³-hybridized carbons (Fsp3) is 0.0476. The third-order valence-electron chi connectivity index (χ3n) is 4.06. The van der Waals surface area contributed by atoms with E-state index in [1.165, 1.54) is 48.7 Å². The van der Waals surface area contributed by atoms with Crippen LogP contribution in [0.1, 0.15) is 11.1 Å². The Balaban J connectivity index is 1.65. The van der Waals surface area contributed by atoms with Gasteiger partial charge >= 0.3 is 10.1 Å². The van der Waals surface area contributed by atoms with Gasteiger partial charge in [-0.2, -0.15) is 13.5 Å². The average Bonchev–Trinajstić information content (AvgIpc) is 2.76. The number of para-hydroxylation sites is 1. The Bertz CT molecular complexity index is 1210. The molecule has 0 aliphatic carbocycles. The Morgan fingerprint density at radius 1 is 1.00 bits per heavy atom. The molecule has 0 radical (unpaired) electrons. The number of carbonyl (C=O) groups is 1. The highest BCUT2D eigenvalue weighted by atomic mass is 32.2. The number of benzene rings is 3. The Kier molecular flexibility index (Phi) is 6.73. The molecule has 0 bridgehead atoms. The number of amides is 1. The zero-order valence-electron chi connectivity index (χ0n) is 16.0. The Hall–Kier alpha value is -4.05. The third kappa shape index (κ3) is 5.97. The quantitative estimate of drug-likeness (QED) is 0.249. The Labute approximate surface area is 178 Å². The summed E-state index contributed by atoms with van der Waals surface area (Å²) < 4.78 is 30.1. The number of nitrogens with zero attached hydrogens (tertiary/aromatic N) is 2. The van der Waals surface area contributed by atoms with Crippen LogP contribution in [0.4, 0.5) is 5.69 Å². The summed E-state index contributed by atoms with van der Waals surface area (Å²) in [6.45, 7) is 0. The summed E-state index contributed by atoms with van der Waals surface area (Å²) in [6, 6.07) is 19.6. The number of hydrogen-bond acceptors (Lipinski definition) is 7. The molecule has 0 aliphatic heterocycles. The summed E-state index contributed by atoms with van der Waals surface area (Å²) >= 11 is 0. The molecule has 0 unspecified atom stereocenters. The summed E-state index contributed by atoms with van der Waals surface area (Å²) in [4.78, 5) is 22.2. The van der Waals surface area contributed by atoms with Gasteiger partial charge in [-0.15, -0.1) is 0 Å². The lowest BCUT2D eigenvalue weighted by atomic mass is 10.1. The SMILES string of the molecule is O=C(Cc1ccc([N+](=O)[O-])cc1)N/N=C/c1ccccc1OS(=O)(=O)c1ccccc1. The van der Waals surface area contributed by atoms with Crippen LogP contribution in [-0.2, 0) is 21.3 Å². The number of carbonyl (C=O) groups excluding carboxylic acids is 1. The molecule has 3 rings (SSSR count). The maximum Gasteiger partial charge on any atom is 0.339 e. The largest absolute Gasteiger partial charge is 0.378 e. The second kappa shape index (κ2) is 9.63. The molecule has 10 heteroatoms. The van der Waals surface area contributed by atoms with E-state index in [0.717, 1.165) is 0 Å². The van der Waals surface area contributed by atoms with Crippen molar-refractivity contribution < 1.29 is 22.3 Å². The first-order valence-electron chi connectivity index (χ1n) is 8.99. The molecule has 3 aromatic rings. The Morgan fingerprint density at radius 2 is 1.65 bits per heavy atom. The van der Waals surface area contributed by atoms with Crippen molar-refractivity contribution in [3.05, 3.63) is 100 Å². The van der Waals surface area contributed by atoms with E-state index in [0.29, 0.717) is 11.1 Å². The van der Waals surface area contributed by atoms with Crippen LogP contribution in [-0.4, -0.2) is 25.5 Å². The summed E-state index contributed by atoms with van der Waals surface area (Å²) in [5, 5.41) is 14.5. The molecule has 0 fully saturated rings. The van der Waals surface area contributed by atoms with Crippen molar-refractivity contribution in [2.24, 2.45) is 5.10 Å². The van der Waals surface area contributed by atoms with Crippen molar-refractivity contribution in [1.29, 1.82) is 0 Å². The Morgan fingerprint density at radius 3 is 2.32 bits per heavy atom. The third-order valence-corrected chi connectivity index (χ3v) is 5.30. The van der Waals surface area contributed by atoms with Crippen LogP contribution >= 0.6 is 0 Å². The minimum atomic E-state index is -4.02. The normalized spacial score (nSPS) is 11.2. The van der Waals surface area contributed by atoms with E-state index in [4.69, 9.17) is 4.18 Å². The molecule has 0 aromatic heterocycles. The first-order chi connectivity index (χ1) is 14.8. The maximum atomic E-state index is 12.4. The molecule has 0 saturated heterocycles. The van der Waals surface area contributed by atoms with Crippen LogP contribution in [0.3, 0.4) is 0 Å². The number of hydrogen-bond donors (Lipinski definition) is 1. The van der Waals surface area contributed by atoms with Crippen LogP contribution in [0.15, 0.2) is 88.9 Å². The smallest absolute Gasteiger partial charge is 0.339 e. The summed E-state index contributed by atoms with van der Waals surface area (Å²) in [7, 11) is -4.02. The minimum absolute atomic E-state index is 0.0122. The van der Waals surface area contributed by atoms with Crippen molar-refractivity contribution in [3.8, 4) is 5.75 Å². The van der Waals surface area contributed by atoms with Crippen LogP contribution < -0.4 is 9.61 Å². The monoisotopic (exact) mass is 439 g/mol. The number of rotatable bonds is 8. The van der Waals surface area contributed by atoms with Gasteiger partial charge in [0, 0.05) is 17.7 Å². The molecule has 0 saturated carbocycles. The molecule has 31 heavy (non-hydrogen) atoms. The van der Waals surface area contributed by atoms with Gasteiger partial charge in [0.05, 0.1) is 17.6 Å². The van der Waals surface area contributed by atoms with Gasteiger partial charge in [-0.1, -0.05) is 42.5 Å². The molecular formula is C21H17N3O6S. The number of hydrazone groups is 1. The number of non-ortho nitro benzene ring substituents is 1. The van der Waals surface area contributed by atoms with Gasteiger partial charge in [-0.25, -0.2) is 5.43 Å². The fourth-order valence-electron chi connectivity index (χ4n) is 2.55. The molecule has 9 nitrogen and oxygen atoms in total. The van der Waals surface area contributed by atoms with Crippen LogP contribution in [0.5, 0.6) is 5.75 Å². The van der Waals surface area contributed by atoms with Crippen molar-refractivity contribution in [2.45, 2.75) is 11.3 Å². The van der Waals surface area contributed by atoms with Crippen LogP contribution in [0.25, 0.3) is 0 Å². The van der Waals surface area contributed by atoms with Crippen molar-refractivity contribution in [3.63, 3.8) is 0 Å². The van der Waals surface area contributed by atoms with Gasteiger partial charge in [0.15, 0.2) is 5.75 Å². The zero-order valence-corrected chi connectivity index (χ0v) is 16.9. The van der Waals surface area contributed by atoms with E-state index < -0.39 is 20.9 Å². The molecule has 0 spiro atoms. The van der Waals surface area contributed by atoms with Gasteiger partial charge in [0.25, 0.3) is 5.69 Å². The zero-order chi connectivity index (χ0) is 22.3. The summed E-state index contributed by atoms with van der Waals surface area (Å²) in [6.07, 6.45) is 1.24. The van der Waals surface area contributed by atoms with E-state index in [-0.39, 0.29) is 22.8 Å². The van der Waals surface area contributed by atoms with E-state index in [2.05, 4.69) is 10.5 Å². The molecular weight excluding hydrogens is 422 g/mol. The lowest BCUT2D eigenvalue weighted by Crippen LogP contribution is -2.19. The van der Waals surface area contributed by atoms with Crippen LogP contribution in [0.2, 0.25) is 0 Å². The van der Waals surface area contributed by atoms with Crippen molar-refractivity contribution in [1.82, 2.24) is 5.43 Å². The standard InChI is InChI=1S/C21H17N3O6S/c25-21(14-16-10-12-18(13-11-16)24(26)27)23-22-15-17-6-4-5-9-20(17)30-31(28,29)19-7-2-1-3-8-19/h1-13,15H,14H2,(H,23,25)/b22-15+. The minimum Gasteiger partial charge on any atom is -0.378 e. The van der Waals surface area contributed by atoms with Crippen molar-refractivity contribution in [2.75, 3.05) is 0 Å². The molecule has 158 valence electrons. The second-order valence-corrected chi connectivity index (χ2v) is 7.83. The molecule has 1 N–H and O–H groups in total. The predicted molar refractivity (Wildman–Crippen MR) is 113 cm³/mol. The van der Waals surface area contributed by atoms with E-state index in [9.17, 15) is 23.3 Å². The molecule has 0 aliphatic rings. The van der Waals surface area contributed by atoms with E-state index in [1.807, 2.05) is 0 Å². The topological polar surface area (TPSA) is 128 Å². The lowest BCUT2D eigenvalue weighted by molar-refractivity contribution is -0.384. The number of nitro groups is 1. The highest BCUT2D eigenvalue weighted by molar-refractivity contribution is 7.87. The molecule has 0 heterocycles. The lowest BCUT2D eigenvalue weighted by Gasteiger charge is -2.09. The van der Waals surface area contributed by atoms with Gasteiger partial charge in [0.1, 0.15) is 4.90 Å². The number of nitrogens with one attached hydrogen (secondary N) is 1. The second-order valence-electron chi connectivity index (χ2n) is 6.28.